The molecular formula is C11H11N4O7-. The van der Waals surface area contributed by atoms with E-state index in [1.54, 1.807) is 0 Å². The van der Waals surface area contributed by atoms with Crippen molar-refractivity contribution >= 4 is 17.1 Å². The van der Waals surface area contributed by atoms with Crippen molar-refractivity contribution in [2.45, 2.75) is 30.6 Å². The van der Waals surface area contributed by atoms with Crippen LogP contribution in [0.1, 0.15) is 6.23 Å². The van der Waals surface area contributed by atoms with Gasteiger partial charge in [0.05, 0.1) is 18.6 Å². The number of hydrogen-bond acceptors (Lipinski definition) is 9. The van der Waals surface area contributed by atoms with Gasteiger partial charge in [0.25, 0.3) is 5.56 Å². The summed E-state index contributed by atoms with van der Waals surface area (Å²) >= 11 is 0. The van der Waals surface area contributed by atoms with Gasteiger partial charge >= 0.3 is 0 Å². The Morgan fingerprint density at radius 3 is 2.82 bits per heavy atom. The first-order valence-corrected chi connectivity index (χ1v) is 6.22. The van der Waals surface area contributed by atoms with E-state index in [9.17, 15) is 30.0 Å². The zero-order valence-electron chi connectivity index (χ0n) is 10.9. The maximum Gasteiger partial charge on any atom is 0.278 e. The van der Waals surface area contributed by atoms with E-state index in [1.807, 2.05) is 0 Å². The van der Waals surface area contributed by atoms with Gasteiger partial charge in [0.2, 0.25) is 0 Å². The molecule has 0 saturated carbocycles. The molecule has 22 heavy (non-hydrogen) atoms. The van der Waals surface area contributed by atoms with E-state index in [1.165, 1.54) is 4.57 Å². The lowest BCUT2D eigenvalue weighted by Crippen LogP contribution is -2.48. The van der Waals surface area contributed by atoms with Gasteiger partial charge in [-0.2, -0.15) is 0 Å². The molecule has 11 heteroatoms. The predicted octanol–water partition coefficient (Wildman–Crippen LogP) is -4.15. The Labute approximate surface area is 121 Å². The maximum absolute atomic E-state index is 11.6. The second-order valence-corrected chi connectivity index (χ2v) is 4.79. The average molecular weight is 311 g/mol. The number of aliphatic hydroxyl groups excluding tert-OH is 3. The van der Waals surface area contributed by atoms with Crippen LogP contribution < -0.4 is 10.7 Å². The summed E-state index contributed by atoms with van der Waals surface area (Å²) in [7, 11) is 0. The van der Waals surface area contributed by atoms with Gasteiger partial charge in [0, 0.05) is 0 Å². The van der Waals surface area contributed by atoms with Crippen molar-refractivity contribution in [3.8, 4) is 0 Å². The number of carbonyl (C=O) groups is 1. The van der Waals surface area contributed by atoms with Crippen molar-refractivity contribution < 1.29 is 30.0 Å². The van der Waals surface area contributed by atoms with E-state index in [0.29, 0.717) is 0 Å². The van der Waals surface area contributed by atoms with E-state index >= 15 is 0 Å². The molecule has 3 rings (SSSR count). The predicted molar refractivity (Wildman–Crippen MR) is 65.1 cm³/mol. The number of H-pyrrole nitrogens is 1. The third-order valence-electron chi connectivity index (χ3n) is 3.47. The summed E-state index contributed by atoms with van der Waals surface area (Å²) < 4.78 is 6.37. The number of carboxylic acid groups (broad SMARTS) is 1. The molecule has 5 atom stereocenters. The van der Waals surface area contributed by atoms with Crippen molar-refractivity contribution in [2.75, 3.05) is 0 Å². The van der Waals surface area contributed by atoms with Gasteiger partial charge in [-0.15, -0.1) is 0 Å². The molecule has 0 spiro atoms. The molecule has 3 heterocycles. The Balaban J connectivity index is 1.99. The quantitative estimate of drug-likeness (QED) is 0.438. The van der Waals surface area contributed by atoms with Crippen LogP contribution in [0.2, 0.25) is 0 Å². The monoisotopic (exact) mass is 311 g/mol. The maximum atomic E-state index is 11.6. The molecule has 118 valence electrons. The van der Waals surface area contributed by atoms with E-state index in [0.717, 1.165) is 12.7 Å². The SMILES string of the molecule is O=C([O-])C(O)[C@H]1O[C@@H](n2cnc3c(=O)[nH]cnc32)[C@H](O)[C@@H]1O. The highest BCUT2D eigenvalue weighted by Gasteiger charge is 2.47. The number of nitrogens with zero attached hydrogens (tertiary/aromatic N) is 3. The van der Waals surface area contributed by atoms with Crippen LogP contribution in [0.25, 0.3) is 11.2 Å². The Kier molecular flexibility index (Phi) is 3.41. The van der Waals surface area contributed by atoms with Gasteiger partial charge in [-0.3, -0.25) is 9.36 Å². The number of carbonyl (C=O) groups excluding carboxylic acids is 1. The largest absolute Gasteiger partial charge is 0.547 e. The molecule has 2 aromatic heterocycles. The Morgan fingerprint density at radius 2 is 2.14 bits per heavy atom. The zero-order valence-corrected chi connectivity index (χ0v) is 10.9. The summed E-state index contributed by atoms with van der Waals surface area (Å²) in [5.74, 6) is -1.85. The van der Waals surface area contributed by atoms with Gasteiger partial charge in [-0.05, 0) is 0 Å². The van der Waals surface area contributed by atoms with Crippen LogP contribution >= 0.6 is 0 Å². The summed E-state index contributed by atoms with van der Waals surface area (Å²) in [6.07, 6.45) is -5.94. The van der Waals surface area contributed by atoms with Gasteiger partial charge in [0.15, 0.2) is 17.4 Å². The van der Waals surface area contributed by atoms with Crippen molar-refractivity contribution in [2.24, 2.45) is 0 Å². The first-order chi connectivity index (χ1) is 10.4. The molecule has 2 aromatic rings. The average Bonchev–Trinajstić information content (AvgIpc) is 3.02. The van der Waals surface area contributed by atoms with Crippen molar-refractivity contribution in [3.63, 3.8) is 0 Å². The number of hydrogen-bond donors (Lipinski definition) is 4. The number of carboxylic acids is 1. The molecule has 11 nitrogen and oxygen atoms in total. The van der Waals surface area contributed by atoms with Crippen molar-refractivity contribution in [3.05, 3.63) is 23.0 Å². The first kappa shape index (κ1) is 14.6. The molecule has 1 aliphatic rings. The highest BCUT2D eigenvalue weighted by atomic mass is 16.6. The molecule has 1 saturated heterocycles. The fourth-order valence-corrected chi connectivity index (χ4v) is 2.36. The van der Waals surface area contributed by atoms with Crippen LogP contribution in [0.3, 0.4) is 0 Å². The topological polar surface area (TPSA) is 174 Å². The summed E-state index contributed by atoms with van der Waals surface area (Å²) in [6, 6.07) is 0. The van der Waals surface area contributed by atoms with Crippen LogP contribution in [0.4, 0.5) is 0 Å². The van der Waals surface area contributed by atoms with Gasteiger partial charge < -0.3 is 34.9 Å². The van der Waals surface area contributed by atoms with Gasteiger partial charge in [-0.25, -0.2) is 9.97 Å². The van der Waals surface area contributed by atoms with Crippen molar-refractivity contribution in [1.82, 2.24) is 19.5 Å². The number of nitrogens with one attached hydrogen (secondary N) is 1. The number of rotatable bonds is 3. The Morgan fingerprint density at radius 1 is 1.41 bits per heavy atom. The van der Waals surface area contributed by atoms with E-state index in [2.05, 4.69) is 15.0 Å². The lowest BCUT2D eigenvalue weighted by molar-refractivity contribution is -0.320. The third kappa shape index (κ3) is 2.07. The number of aliphatic carboxylic acids is 1. The molecule has 0 aromatic carbocycles. The molecule has 0 bridgehead atoms. The fraction of sp³-hybridized carbons (Fsp3) is 0.455. The minimum absolute atomic E-state index is 0.0170. The van der Waals surface area contributed by atoms with E-state index < -0.39 is 42.2 Å². The second kappa shape index (κ2) is 5.14. The Hall–Kier alpha value is -2.34. The van der Waals surface area contributed by atoms with Crippen LogP contribution in [-0.4, -0.2) is 65.2 Å². The number of ether oxygens (including phenoxy) is 1. The highest BCUT2D eigenvalue weighted by molar-refractivity contribution is 5.71. The molecule has 1 aliphatic heterocycles. The van der Waals surface area contributed by atoms with Crippen LogP contribution in [0, 0.1) is 0 Å². The van der Waals surface area contributed by atoms with Gasteiger partial charge in [0.1, 0.15) is 24.4 Å². The van der Waals surface area contributed by atoms with Crippen LogP contribution in [0.15, 0.2) is 17.4 Å². The van der Waals surface area contributed by atoms with Crippen LogP contribution in [-0.2, 0) is 9.53 Å². The lowest BCUT2D eigenvalue weighted by atomic mass is 10.1. The third-order valence-corrected chi connectivity index (χ3v) is 3.47. The minimum Gasteiger partial charge on any atom is -0.547 e. The van der Waals surface area contributed by atoms with E-state index in [4.69, 9.17) is 4.74 Å². The zero-order chi connectivity index (χ0) is 16.0. The standard InChI is InChI=1S/C11H12N4O7/c16-4-5(17)10(22-7(4)6(18)11(20)21)15-2-14-3-8(15)12-1-13-9(3)19/h1-2,4-7,10,16-18H,(H,20,21)(H,12,13,19)/p-1/t4-,5+,6?,7-,10+/m0/s1. The van der Waals surface area contributed by atoms with Gasteiger partial charge in [-0.1, -0.05) is 0 Å². The Bertz CT molecular complexity index is 771. The minimum atomic E-state index is -2.12. The summed E-state index contributed by atoms with van der Waals surface area (Å²) in [5, 5.41) is 39.9. The molecule has 0 amide bonds. The molecule has 1 fully saturated rings. The van der Waals surface area contributed by atoms with Crippen molar-refractivity contribution in [1.29, 1.82) is 0 Å². The first-order valence-electron chi connectivity index (χ1n) is 6.22. The number of aromatic nitrogens is 4. The smallest absolute Gasteiger partial charge is 0.278 e. The number of aliphatic hydroxyl groups is 3. The number of imidazole rings is 1. The molecule has 0 aliphatic carbocycles. The number of fused-ring (bicyclic) bond motifs is 1. The fourth-order valence-electron chi connectivity index (χ4n) is 2.36. The molecule has 0 radical (unpaired) electrons. The lowest BCUT2D eigenvalue weighted by Gasteiger charge is -2.21. The highest BCUT2D eigenvalue weighted by Crippen LogP contribution is 2.32. The molecular weight excluding hydrogens is 300 g/mol. The molecule has 4 N–H and O–H groups in total. The number of aromatic amines is 1. The van der Waals surface area contributed by atoms with E-state index in [-0.39, 0.29) is 11.2 Å². The summed E-state index contributed by atoms with van der Waals surface area (Å²) in [6.45, 7) is 0. The molecule has 1 unspecified atom stereocenters. The van der Waals surface area contributed by atoms with Crippen LogP contribution in [0.5, 0.6) is 0 Å². The summed E-state index contributed by atoms with van der Waals surface area (Å²) in [4.78, 5) is 32.3. The summed E-state index contributed by atoms with van der Waals surface area (Å²) in [5.41, 5.74) is -0.455. The normalized spacial score (nSPS) is 29.8. The second-order valence-electron chi connectivity index (χ2n) is 4.79.